The van der Waals surface area contributed by atoms with E-state index in [9.17, 15) is 19.4 Å². The van der Waals surface area contributed by atoms with Crippen molar-refractivity contribution < 1.29 is 32.9 Å². The third-order valence-electron chi connectivity index (χ3n) is 8.57. The van der Waals surface area contributed by atoms with Gasteiger partial charge in [-0.3, -0.25) is 9.36 Å². The quantitative estimate of drug-likeness (QED) is 0.0293. The van der Waals surface area contributed by atoms with Crippen LogP contribution in [0.5, 0.6) is 0 Å². The van der Waals surface area contributed by atoms with E-state index in [1.54, 1.807) is 6.08 Å². The van der Waals surface area contributed by atoms with Gasteiger partial charge in [0.05, 0.1) is 39.9 Å². The van der Waals surface area contributed by atoms with Gasteiger partial charge < -0.3 is 28.8 Å². The summed E-state index contributed by atoms with van der Waals surface area (Å²) in [6, 6.07) is -0.901. The molecule has 0 aliphatic heterocycles. The highest BCUT2D eigenvalue weighted by Gasteiger charge is 2.23. The number of allylic oxidation sites excluding steroid dienone is 5. The second kappa shape index (κ2) is 32.6. The number of quaternary nitrogens is 1. The maximum atomic E-state index is 12.8. The zero-order valence-corrected chi connectivity index (χ0v) is 33.3. The van der Waals surface area contributed by atoms with Crippen LogP contribution in [-0.4, -0.2) is 68.5 Å². The molecule has 0 spiro atoms. The average molecular weight is 713 g/mol. The van der Waals surface area contributed by atoms with Gasteiger partial charge in [0.25, 0.3) is 7.82 Å². The highest BCUT2D eigenvalue weighted by molar-refractivity contribution is 7.45. The molecule has 8 nitrogen and oxygen atoms in total. The zero-order valence-electron chi connectivity index (χ0n) is 32.4. The molecule has 49 heavy (non-hydrogen) atoms. The summed E-state index contributed by atoms with van der Waals surface area (Å²) in [5.41, 5.74) is 0. The Labute approximate surface area is 302 Å². The molecule has 2 N–H and O–H groups in total. The van der Waals surface area contributed by atoms with Crippen molar-refractivity contribution in [1.82, 2.24) is 5.32 Å². The average Bonchev–Trinajstić information content (AvgIpc) is 3.04. The molecule has 0 saturated heterocycles. The Balaban J connectivity index is 4.47. The van der Waals surface area contributed by atoms with E-state index in [0.29, 0.717) is 17.4 Å². The third kappa shape index (κ3) is 34.9. The smallest absolute Gasteiger partial charge is 0.268 e. The highest BCUT2D eigenvalue weighted by Crippen LogP contribution is 2.38. The van der Waals surface area contributed by atoms with Crippen LogP contribution in [0.1, 0.15) is 162 Å². The molecule has 0 aliphatic carbocycles. The molecule has 0 saturated carbocycles. The molecule has 0 radical (unpaired) electrons. The van der Waals surface area contributed by atoms with Crippen molar-refractivity contribution in [3.8, 4) is 0 Å². The largest absolute Gasteiger partial charge is 0.756 e. The van der Waals surface area contributed by atoms with Crippen LogP contribution in [0.3, 0.4) is 0 Å². The first-order valence-corrected chi connectivity index (χ1v) is 21.3. The normalized spacial score (nSPS) is 15.0. The highest BCUT2D eigenvalue weighted by atomic mass is 31.2. The number of aliphatic hydroxyl groups is 1. The number of nitrogens with zero attached hydrogens (tertiary/aromatic N) is 1. The molecule has 0 bridgehead atoms. The lowest BCUT2D eigenvalue weighted by Gasteiger charge is -2.29. The first-order valence-electron chi connectivity index (χ1n) is 19.9. The third-order valence-corrected chi connectivity index (χ3v) is 9.54. The Morgan fingerprint density at radius 1 is 0.694 bits per heavy atom. The van der Waals surface area contributed by atoms with Crippen molar-refractivity contribution in [3.63, 3.8) is 0 Å². The summed E-state index contributed by atoms with van der Waals surface area (Å²) in [6.45, 7) is 4.56. The minimum Gasteiger partial charge on any atom is -0.756 e. The van der Waals surface area contributed by atoms with Gasteiger partial charge in [0.15, 0.2) is 0 Å². The Morgan fingerprint density at radius 2 is 1.14 bits per heavy atom. The van der Waals surface area contributed by atoms with Crippen LogP contribution in [0, 0.1) is 0 Å². The molecule has 0 heterocycles. The van der Waals surface area contributed by atoms with Crippen LogP contribution >= 0.6 is 7.82 Å². The van der Waals surface area contributed by atoms with Gasteiger partial charge in [-0.15, -0.1) is 0 Å². The molecule has 0 aromatic rings. The monoisotopic (exact) mass is 713 g/mol. The number of likely N-dealkylation sites (N-methyl/N-ethyl adjacent to an activating group) is 1. The van der Waals surface area contributed by atoms with Crippen LogP contribution in [0.2, 0.25) is 0 Å². The zero-order chi connectivity index (χ0) is 36.5. The van der Waals surface area contributed by atoms with E-state index in [2.05, 4.69) is 43.5 Å². The van der Waals surface area contributed by atoms with E-state index < -0.39 is 26.6 Å². The number of phosphoric acid groups is 1. The molecular formula is C40H77N2O6P. The maximum absolute atomic E-state index is 12.8. The van der Waals surface area contributed by atoms with Crippen LogP contribution < -0.4 is 10.2 Å². The van der Waals surface area contributed by atoms with Crippen LogP contribution in [0.25, 0.3) is 0 Å². The van der Waals surface area contributed by atoms with Gasteiger partial charge in [0.2, 0.25) is 5.91 Å². The Bertz CT molecular complexity index is 902. The lowest BCUT2D eigenvalue weighted by molar-refractivity contribution is -0.870. The van der Waals surface area contributed by atoms with E-state index in [4.69, 9.17) is 9.05 Å². The summed E-state index contributed by atoms with van der Waals surface area (Å²) in [7, 11) is 1.23. The fourth-order valence-corrected chi connectivity index (χ4v) is 6.06. The second-order valence-corrected chi connectivity index (χ2v) is 16.0. The van der Waals surface area contributed by atoms with Gasteiger partial charge >= 0.3 is 0 Å². The molecule has 3 atom stereocenters. The first kappa shape index (κ1) is 47.7. The number of carbonyl (C=O) groups excluding carboxylic acids is 1. The Kier molecular flexibility index (Phi) is 31.8. The van der Waals surface area contributed by atoms with E-state index in [1.807, 2.05) is 27.2 Å². The predicted octanol–water partition coefficient (Wildman–Crippen LogP) is 9.72. The predicted molar refractivity (Wildman–Crippen MR) is 205 cm³/mol. The van der Waals surface area contributed by atoms with E-state index in [-0.39, 0.29) is 12.5 Å². The summed E-state index contributed by atoms with van der Waals surface area (Å²) in [6.07, 6.45) is 37.6. The summed E-state index contributed by atoms with van der Waals surface area (Å²) < 4.78 is 23.0. The molecule has 0 rings (SSSR count). The van der Waals surface area contributed by atoms with Crippen molar-refractivity contribution in [1.29, 1.82) is 0 Å². The van der Waals surface area contributed by atoms with E-state index >= 15 is 0 Å². The van der Waals surface area contributed by atoms with Gasteiger partial charge in [-0.25, -0.2) is 0 Å². The fraction of sp³-hybridized carbons (Fsp3) is 0.825. The number of nitrogens with one attached hydrogen (secondary N) is 1. The Hall–Kier alpha value is -1.28. The van der Waals surface area contributed by atoms with Crippen molar-refractivity contribution >= 4 is 13.7 Å². The number of amides is 1. The molecule has 3 unspecified atom stereocenters. The second-order valence-electron chi connectivity index (χ2n) is 14.6. The fourth-order valence-electron chi connectivity index (χ4n) is 5.34. The van der Waals surface area contributed by atoms with Crippen LogP contribution in [0.4, 0.5) is 0 Å². The molecule has 9 heteroatoms. The van der Waals surface area contributed by atoms with Crippen LogP contribution in [0.15, 0.2) is 36.5 Å². The first-order chi connectivity index (χ1) is 23.5. The summed E-state index contributed by atoms with van der Waals surface area (Å²) in [4.78, 5) is 25.1. The number of carbonyl (C=O) groups is 1. The van der Waals surface area contributed by atoms with Crippen molar-refractivity contribution in [2.75, 3.05) is 40.9 Å². The summed E-state index contributed by atoms with van der Waals surface area (Å²) in [5.74, 6) is -0.216. The van der Waals surface area contributed by atoms with Gasteiger partial charge in [-0.05, 0) is 57.8 Å². The van der Waals surface area contributed by atoms with Crippen molar-refractivity contribution in [2.45, 2.75) is 174 Å². The molecular weight excluding hydrogens is 635 g/mol. The molecule has 0 aromatic heterocycles. The molecule has 0 aromatic carbocycles. The van der Waals surface area contributed by atoms with Gasteiger partial charge in [-0.2, -0.15) is 0 Å². The molecule has 288 valence electrons. The minimum absolute atomic E-state index is 0.00770. The van der Waals surface area contributed by atoms with Crippen molar-refractivity contribution in [2.24, 2.45) is 0 Å². The molecule has 1 amide bonds. The molecule has 0 aliphatic rings. The summed E-state index contributed by atoms with van der Waals surface area (Å²) in [5, 5.41) is 13.6. The van der Waals surface area contributed by atoms with Crippen molar-refractivity contribution in [3.05, 3.63) is 36.5 Å². The molecule has 0 fully saturated rings. The topological polar surface area (TPSA) is 108 Å². The minimum atomic E-state index is -4.59. The number of hydrogen-bond donors (Lipinski definition) is 2. The number of phosphoric ester groups is 1. The van der Waals surface area contributed by atoms with Gasteiger partial charge in [0.1, 0.15) is 13.2 Å². The number of aliphatic hydroxyl groups excluding tert-OH is 1. The number of hydrogen-bond acceptors (Lipinski definition) is 6. The lowest BCUT2D eigenvalue weighted by Crippen LogP contribution is -2.45. The Morgan fingerprint density at radius 3 is 1.67 bits per heavy atom. The summed E-state index contributed by atoms with van der Waals surface area (Å²) >= 11 is 0. The number of unbranched alkanes of at least 4 members (excludes halogenated alkanes) is 18. The standard InChI is InChI=1S/C40H77N2O6P/c1-6-8-10-12-14-16-18-19-20-21-22-23-24-26-28-30-32-34-40(44)41-38(37-48-49(45,46)47-36-35-42(3,4)5)39(43)33-31-29-27-25-17-15-13-11-9-7-2/h17,19-20,25,31,33,38-39,43H,6-16,18,21-24,26-30,32,34-37H2,1-5H3,(H-,41,44,45,46)/b20-19-,25-17+,33-31+. The van der Waals surface area contributed by atoms with Gasteiger partial charge in [-0.1, -0.05) is 134 Å². The number of rotatable bonds is 35. The lowest BCUT2D eigenvalue weighted by atomic mass is 10.1. The SMILES string of the molecule is CCCCCC/C=C/CC/C=C/C(O)C(COP(=O)([O-])OCC[N+](C)(C)C)NC(=O)CCCCCCCCC/C=C\CCCCCCCC. The van der Waals surface area contributed by atoms with Gasteiger partial charge in [0, 0.05) is 6.42 Å². The van der Waals surface area contributed by atoms with E-state index in [1.165, 1.54) is 103 Å². The van der Waals surface area contributed by atoms with E-state index in [0.717, 1.165) is 38.5 Å². The van der Waals surface area contributed by atoms with Crippen LogP contribution in [-0.2, 0) is 18.4 Å². The maximum Gasteiger partial charge on any atom is 0.268 e.